The normalized spacial score (nSPS) is 10.0. The van der Waals surface area contributed by atoms with Crippen molar-refractivity contribution in [3.05, 3.63) is 40.3 Å². The molecular formula is C12H11NO3S. The molecule has 0 fully saturated rings. The number of esters is 1. The Bertz CT molecular complexity index is 536. The third-order valence-electron chi connectivity index (χ3n) is 2.10. The lowest BCUT2D eigenvalue weighted by molar-refractivity contribution is 0.0724. The van der Waals surface area contributed by atoms with Crippen molar-refractivity contribution >= 4 is 17.3 Å². The van der Waals surface area contributed by atoms with Crippen LogP contribution in [-0.4, -0.2) is 18.1 Å². The zero-order valence-corrected chi connectivity index (χ0v) is 10.3. The van der Waals surface area contributed by atoms with E-state index in [4.69, 9.17) is 9.47 Å². The number of nitrogens with zero attached hydrogens (tertiary/aromatic N) is 1. The lowest BCUT2D eigenvalue weighted by atomic mass is 10.3. The zero-order chi connectivity index (χ0) is 12.3. The van der Waals surface area contributed by atoms with Crippen molar-refractivity contribution in [2.24, 2.45) is 0 Å². The van der Waals surface area contributed by atoms with Crippen LogP contribution in [-0.2, 0) is 0 Å². The van der Waals surface area contributed by atoms with Crippen LogP contribution in [0, 0.1) is 6.92 Å². The topological polar surface area (TPSA) is 48.4 Å². The van der Waals surface area contributed by atoms with Gasteiger partial charge in [-0.15, -0.1) is 11.3 Å². The summed E-state index contributed by atoms with van der Waals surface area (Å²) in [5.41, 5.74) is 0.318. The Balaban J connectivity index is 2.18. The maximum absolute atomic E-state index is 11.8. The number of rotatable bonds is 3. The maximum Gasteiger partial charge on any atom is 0.363 e. The van der Waals surface area contributed by atoms with E-state index in [2.05, 4.69) is 4.98 Å². The summed E-state index contributed by atoms with van der Waals surface area (Å²) in [6, 6.07) is 6.99. The summed E-state index contributed by atoms with van der Waals surface area (Å²) in [4.78, 5) is 15.8. The van der Waals surface area contributed by atoms with Crippen LogP contribution in [0.2, 0.25) is 0 Å². The molecular weight excluding hydrogens is 238 g/mol. The molecule has 0 unspecified atom stereocenters. The van der Waals surface area contributed by atoms with Gasteiger partial charge in [-0.3, -0.25) is 0 Å². The van der Waals surface area contributed by atoms with E-state index in [1.807, 2.05) is 13.0 Å². The van der Waals surface area contributed by atoms with Crippen molar-refractivity contribution in [3.63, 3.8) is 0 Å². The molecule has 17 heavy (non-hydrogen) atoms. The lowest BCUT2D eigenvalue weighted by Gasteiger charge is -2.07. The highest BCUT2D eigenvalue weighted by molar-refractivity contribution is 7.09. The summed E-state index contributed by atoms with van der Waals surface area (Å²) in [5, 5.41) is 2.50. The second-order valence-electron chi connectivity index (χ2n) is 3.29. The van der Waals surface area contributed by atoms with Crippen molar-refractivity contribution in [1.82, 2.24) is 4.98 Å². The Morgan fingerprint density at radius 2 is 2.00 bits per heavy atom. The molecule has 2 aromatic rings. The Kier molecular flexibility index (Phi) is 3.39. The zero-order valence-electron chi connectivity index (χ0n) is 9.47. The molecule has 0 saturated heterocycles. The van der Waals surface area contributed by atoms with Gasteiger partial charge in [-0.05, 0) is 19.1 Å². The summed E-state index contributed by atoms with van der Waals surface area (Å²) in [6.07, 6.45) is 0. The number of aromatic nitrogens is 1. The number of para-hydroxylation sites is 2. The second kappa shape index (κ2) is 4.97. The minimum Gasteiger partial charge on any atom is -0.493 e. The van der Waals surface area contributed by atoms with Crippen molar-refractivity contribution in [1.29, 1.82) is 0 Å². The summed E-state index contributed by atoms with van der Waals surface area (Å²) < 4.78 is 10.3. The molecule has 0 amide bonds. The molecule has 0 bridgehead atoms. The standard InChI is InChI=1S/C12H11NO3S/c1-8-13-9(7-17-8)12(14)16-11-6-4-3-5-10(11)15-2/h3-7H,1-2H3. The molecule has 0 saturated carbocycles. The van der Waals surface area contributed by atoms with Gasteiger partial charge in [-0.1, -0.05) is 12.1 Å². The fraction of sp³-hybridized carbons (Fsp3) is 0.167. The number of hydrogen-bond donors (Lipinski definition) is 0. The first-order chi connectivity index (χ1) is 8.20. The van der Waals surface area contributed by atoms with Gasteiger partial charge < -0.3 is 9.47 Å². The smallest absolute Gasteiger partial charge is 0.363 e. The van der Waals surface area contributed by atoms with Crippen molar-refractivity contribution in [2.45, 2.75) is 6.92 Å². The van der Waals surface area contributed by atoms with Gasteiger partial charge in [0, 0.05) is 5.38 Å². The van der Waals surface area contributed by atoms with Crippen LogP contribution in [0.25, 0.3) is 0 Å². The lowest BCUT2D eigenvalue weighted by Crippen LogP contribution is -2.09. The van der Waals surface area contributed by atoms with Crippen LogP contribution in [0.1, 0.15) is 15.5 Å². The van der Waals surface area contributed by atoms with Crippen LogP contribution in [0.15, 0.2) is 29.6 Å². The predicted octanol–water partition coefficient (Wildman–Crippen LogP) is 2.68. The van der Waals surface area contributed by atoms with Crippen LogP contribution in [0.4, 0.5) is 0 Å². The van der Waals surface area contributed by atoms with E-state index in [1.54, 1.807) is 23.6 Å². The van der Waals surface area contributed by atoms with E-state index in [9.17, 15) is 4.79 Å². The van der Waals surface area contributed by atoms with E-state index in [1.165, 1.54) is 18.4 Å². The number of carbonyl (C=O) groups excluding carboxylic acids is 1. The molecule has 2 rings (SSSR count). The van der Waals surface area contributed by atoms with Crippen LogP contribution in [0.3, 0.4) is 0 Å². The maximum atomic E-state index is 11.8. The Morgan fingerprint density at radius 3 is 2.59 bits per heavy atom. The van der Waals surface area contributed by atoms with Gasteiger partial charge in [-0.2, -0.15) is 0 Å². The average Bonchev–Trinajstić information content (AvgIpc) is 2.77. The van der Waals surface area contributed by atoms with Gasteiger partial charge in [0.2, 0.25) is 0 Å². The summed E-state index contributed by atoms with van der Waals surface area (Å²) in [7, 11) is 1.53. The van der Waals surface area contributed by atoms with Gasteiger partial charge in [0.25, 0.3) is 0 Å². The molecule has 1 aromatic heterocycles. The number of methoxy groups -OCH3 is 1. The number of ether oxygens (including phenoxy) is 2. The number of aryl methyl sites for hydroxylation is 1. The Morgan fingerprint density at radius 1 is 1.29 bits per heavy atom. The molecule has 1 heterocycles. The highest BCUT2D eigenvalue weighted by Crippen LogP contribution is 2.26. The molecule has 0 aliphatic heterocycles. The number of carbonyl (C=O) groups is 1. The van der Waals surface area contributed by atoms with E-state index in [-0.39, 0.29) is 0 Å². The van der Waals surface area contributed by atoms with Gasteiger partial charge in [0.15, 0.2) is 17.2 Å². The van der Waals surface area contributed by atoms with E-state index >= 15 is 0 Å². The first-order valence-electron chi connectivity index (χ1n) is 4.98. The van der Waals surface area contributed by atoms with Crippen LogP contribution in [0.5, 0.6) is 11.5 Å². The Hall–Kier alpha value is -1.88. The van der Waals surface area contributed by atoms with E-state index < -0.39 is 5.97 Å². The molecule has 0 radical (unpaired) electrons. The van der Waals surface area contributed by atoms with Crippen molar-refractivity contribution in [3.8, 4) is 11.5 Å². The number of thiazole rings is 1. The molecule has 88 valence electrons. The molecule has 0 spiro atoms. The van der Waals surface area contributed by atoms with Crippen molar-refractivity contribution in [2.75, 3.05) is 7.11 Å². The van der Waals surface area contributed by atoms with E-state index in [0.29, 0.717) is 17.2 Å². The fourth-order valence-electron chi connectivity index (χ4n) is 1.31. The van der Waals surface area contributed by atoms with Crippen molar-refractivity contribution < 1.29 is 14.3 Å². The fourth-order valence-corrected chi connectivity index (χ4v) is 1.89. The van der Waals surface area contributed by atoms with Gasteiger partial charge >= 0.3 is 5.97 Å². The van der Waals surface area contributed by atoms with Crippen LogP contribution >= 0.6 is 11.3 Å². The average molecular weight is 249 g/mol. The van der Waals surface area contributed by atoms with Gasteiger partial charge in [-0.25, -0.2) is 9.78 Å². The molecule has 0 N–H and O–H groups in total. The summed E-state index contributed by atoms with van der Waals surface area (Å²) in [5.74, 6) is 0.442. The van der Waals surface area contributed by atoms with Gasteiger partial charge in [0.05, 0.1) is 12.1 Å². The monoisotopic (exact) mass is 249 g/mol. The minimum absolute atomic E-state index is 0.318. The molecule has 4 nitrogen and oxygen atoms in total. The number of benzene rings is 1. The molecule has 0 aliphatic rings. The van der Waals surface area contributed by atoms with E-state index in [0.717, 1.165) is 5.01 Å². The third kappa shape index (κ3) is 2.62. The summed E-state index contributed by atoms with van der Waals surface area (Å²) in [6.45, 7) is 1.84. The molecule has 0 aliphatic carbocycles. The minimum atomic E-state index is -0.473. The highest BCUT2D eigenvalue weighted by atomic mass is 32.1. The molecule has 5 heteroatoms. The van der Waals surface area contributed by atoms with Gasteiger partial charge in [0.1, 0.15) is 0 Å². The molecule has 1 aromatic carbocycles. The largest absolute Gasteiger partial charge is 0.493 e. The second-order valence-corrected chi connectivity index (χ2v) is 4.35. The highest BCUT2D eigenvalue weighted by Gasteiger charge is 2.14. The summed E-state index contributed by atoms with van der Waals surface area (Å²) >= 11 is 1.41. The van der Waals surface area contributed by atoms with Crippen LogP contribution < -0.4 is 9.47 Å². The quantitative estimate of drug-likeness (QED) is 0.620. The third-order valence-corrected chi connectivity index (χ3v) is 2.87. The first-order valence-corrected chi connectivity index (χ1v) is 5.86. The molecule has 0 atom stereocenters. The number of hydrogen-bond acceptors (Lipinski definition) is 5. The SMILES string of the molecule is COc1ccccc1OC(=O)c1csc(C)n1. The Labute approximate surface area is 103 Å². The first kappa shape index (κ1) is 11.6. The predicted molar refractivity (Wildman–Crippen MR) is 64.8 cm³/mol.